The van der Waals surface area contributed by atoms with E-state index in [1.54, 1.807) is 0 Å². The van der Waals surface area contributed by atoms with Crippen molar-refractivity contribution in [1.29, 1.82) is 0 Å². The summed E-state index contributed by atoms with van der Waals surface area (Å²) >= 11 is 0. The third kappa shape index (κ3) is 4.04. The van der Waals surface area contributed by atoms with Crippen molar-refractivity contribution in [2.24, 2.45) is 0 Å². The summed E-state index contributed by atoms with van der Waals surface area (Å²) in [5, 5.41) is 12.5. The third-order valence-corrected chi connectivity index (χ3v) is 3.56. The monoisotopic (exact) mass is 262 g/mol. The molecule has 4 nitrogen and oxygen atoms in total. The number of amides is 1. The summed E-state index contributed by atoms with van der Waals surface area (Å²) in [6.07, 6.45) is 1.18. The van der Waals surface area contributed by atoms with Gasteiger partial charge in [0, 0.05) is 32.6 Å². The molecule has 0 radical (unpaired) electrons. The smallest absolute Gasteiger partial charge is 0.219 e. The molecule has 1 fully saturated rings. The Morgan fingerprint density at radius 3 is 2.79 bits per heavy atom. The van der Waals surface area contributed by atoms with Gasteiger partial charge >= 0.3 is 0 Å². The van der Waals surface area contributed by atoms with E-state index in [9.17, 15) is 9.90 Å². The Balaban J connectivity index is 1.97. The first kappa shape index (κ1) is 14.0. The minimum absolute atomic E-state index is 0.0754. The summed E-state index contributed by atoms with van der Waals surface area (Å²) in [5.41, 5.74) is 2.39. The predicted octanol–water partition coefficient (Wildman–Crippen LogP) is 1.28. The van der Waals surface area contributed by atoms with Crippen molar-refractivity contribution in [3.05, 3.63) is 35.4 Å². The van der Waals surface area contributed by atoms with E-state index < -0.39 is 0 Å². The molecule has 0 saturated carbocycles. The number of hydrogen-bond acceptors (Lipinski definition) is 3. The molecular weight excluding hydrogens is 240 g/mol. The molecule has 1 atom stereocenters. The van der Waals surface area contributed by atoms with Crippen LogP contribution in [0.1, 0.15) is 30.9 Å². The Bertz CT molecular complexity index is 434. The van der Waals surface area contributed by atoms with Gasteiger partial charge in [0.15, 0.2) is 0 Å². The minimum atomic E-state index is -0.188. The highest BCUT2D eigenvalue weighted by molar-refractivity contribution is 5.75. The summed E-state index contributed by atoms with van der Waals surface area (Å²) in [6, 6.07) is 8.17. The van der Waals surface area contributed by atoms with E-state index in [2.05, 4.69) is 22.3 Å². The maximum absolute atomic E-state index is 11.3. The van der Waals surface area contributed by atoms with Crippen molar-refractivity contribution in [2.75, 3.05) is 13.1 Å². The molecule has 0 spiro atoms. The van der Waals surface area contributed by atoms with Crippen molar-refractivity contribution < 1.29 is 9.90 Å². The predicted molar refractivity (Wildman–Crippen MR) is 74.5 cm³/mol. The van der Waals surface area contributed by atoms with Gasteiger partial charge in [0.25, 0.3) is 0 Å². The van der Waals surface area contributed by atoms with E-state index in [4.69, 9.17) is 0 Å². The Morgan fingerprint density at radius 1 is 1.42 bits per heavy atom. The summed E-state index contributed by atoms with van der Waals surface area (Å²) in [4.78, 5) is 13.6. The van der Waals surface area contributed by atoms with Gasteiger partial charge in [-0.05, 0) is 17.5 Å². The van der Waals surface area contributed by atoms with E-state index in [1.165, 1.54) is 5.56 Å². The second-order valence-electron chi connectivity index (χ2n) is 5.08. The van der Waals surface area contributed by atoms with E-state index in [0.29, 0.717) is 13.0 Å². The van der Waals surface area contributed by atoms with Crippen molar-refractivity contribution in [2.45, 2.75) is 39.0 Å². The highest BCUT2D eigenvalue weighted by atomic mass is 16.3. The van der Waals surface area contributed by atoms with Crippen LogP contribution in [0.5, 0.6) is 0 Å². The molecule has 1 aromatic carbocycles. The first-order valence-electron chi connectivity index (χ1n) is 6.93. The quantitative estimate of drug-likeness (QED) is 0.840. The van der Waals surface area contributed by atoms with Crippen LogP contribution < -0.4 is 5.32 Å². The molecule has 104 valence electrons. The molecule has 1 amide bonds. The van der Waals surface area contributed by atoms with E-state index in [-0.39, 0.29) is 12.0 Å². The number of rotatable bonds is 5. The van der Waals surface area contributed by atoms with Gasteiger partial charge in [-0.2, -0.15) is 0 Å². The maximum atomic E-state index is 11.3. The number of hydrogen-bond donors (Lipinski definition) is 2. The largest absolute Gasteiger partial charge is 0.392 e. The van der Waals surface area contributed by atoms with Gasteiger partial charge in [-0.15, -0.1) is 0 Å². The third-order valence-electron chi connectivity index (χ3n) is 3.56. The Labute approximate surface area is 114 Å². The minimum Gasteiger partial charge on any atom is -0.392 e. The summed E-state index contributed by atoms with van der Waals surface area (Å²) in [5.74, 6) is 0.0754. The average molecular weight is 262 g/mol. The number of likely N-dealkylation sites (tertiary alicyclic amines) is 1. The van der Waals surface area contributed by atoms with Gasteiger partial charge in [0.05, 0.1) is 6.10 Å². The fourth-order valence-electron chi connectivity index (χ4n) is 2.40. The summed E-state index contributed by atoms with van der Waals surface area (Å²) in [6.45, 7) is 4.97. The van der Waals surface area contributed by atoms with Crippen LogP contribution in [0.25, 0.3) is 0 Å². The molecule has 1 aliphatic heterocycles. The molecule has 1 unspecified atom stereocenters. The van der Waals surface area contributed by atoms with Crippen LogP contribution in [0.15, 0.2) is 24.3 Å². The van der Waals surface area contributed by atoms with Gasteiger partial charge in [0.2, 0.25) is 5.91 Å². The van der Waals surface area contributed by atoms with Crippen LogP contribution in [0, 0.1) is 0 Å². The summed E-state index contributed by atoms with van der Waals surface area (Å²) < 4.78 is 0. The fourth-order valence-corrected chi connectivity index (χ4v) is 2.40. The molecule has 2 rings (SSSR count). The zero-order valence-electron chi connectivity index (χ0n) is 11.4. The normalized spacial score (nSPS) is 19.6. The highest BCUT2D eigenvalue weighted by Gasteiger charge is 2.20. The van der Waals surface area contributed by atoms with E-state index in [1.807, 2.05) is 19.1 Å². The number of carbonyl (C=O) groups excluding carboxylic acids is 1. The Hall–Kier alpha value is -1.39. The lowest BCUT2D eigenvalue weighted by Crippen LogP contribution is -2.25. The molecule has 1 saturated heterocycles. The van der Waals surface area contributed by atoms with Gasteiger partial charge in [0.1, 0.15) is 0 Å². The van der Waals surface area contributed by atoms with Crippen LogP contribution in [0.4, 0.5) is 0 Å². The number of carbonyl (C=O) groups is 1. The molecule has 19 heavy (non-hydrogen) atoms. The Morgan fingerprint density at radius 2 is 2.16 bits per heavy atom. The van der Waals surface area contributed by atoms with Crippen LogP contribution in [0.3, 0.4) is 0 Å². The summed E-state index contributed by atoms with van der Waals surface area (Å²) in [7, 11) is 0. The molecule has 1 heterocycles. The van der Waals surface area contributed by atoms with Gasteiger partial charge < -0.3 is 10.4 Å². The van der Waals surface area contributed by atoms with Gasteiger partial charge in [-0.1, -0.05) is 31.2 Å². The first-order chi connectivity index (χ1) is 9.19. The lowest BCUT2D eigenvalue weighted by atomic mass is 10.1. The average Bonchev–Trinajstić information content (AvgIpc) is 2.83. The fraction of sp³-hybridized carbons (Fsp3) is 0.533. The zero-order valence-corrected chi connectivity index (χ0v) is 11.4. The SMILES string of the molecule is CCC(=O)NCc1ccccc1CN1CCC(O)C1. The number of nitrogens with zero attached hydrogens (tertiary/aromatic N) is 1. The number of aliphatic hydroxyl groups excluding tert-OH is 1. The van der Waals surface area contributed by atoms with Crippen molar-refractivity contribution in [1.82, 2.24) is 10.2 Å². The van der Waals surface area contributed by atoms with Gasteiger partial charge in [-0.25, -0.2) is 0 Å². The molecular formula is C15H22N2O2. The lowest BCUT2D eigenvalue weighted by molar-refractivity contribution is -0.120. The van der Waals surface area contributed by atoms with Crippen molar-refractivity contribution >= 4 is 5.91 Å². The lowest BCUT2D eigenvalue weighted by Gasteiger charge is -2.18. The number of nitrogens with one attached hydrogen (secondary N) is 1. The van der Waals surface area contributed by atoms with Crippen LogP contribution >= 0.6 is 0 Å². The number of β-amino-alcohol motifs (C(OH)–C–C–N with tert-alkyl or cyclic N) is 1. The van der Waals surface area contributed by atoms with Crippen molar-refractivity contribution in [3.63, 3.8) is 0 Å². The van der Waals surface area contributed by atoms with Gasteiger partial charge in [-0.3, -0.25) is 9.69 Å². The van der Waals surface area contributed by atoms with Crippen LogP contribution in [-0.4, -0.2) is 35.1 Å². The molecule has 2 N–H and O–H groups in total. The van der Waals surface area contributed by atoms with Crippen molar-refractivity contribution in [3.8, 4) is 0 Å². The van der Waals surface area contributed by atoms with E-state index >= 15 is 0 Å². The maximum Gasteiger partial charge on any atom is 0.219 e. The number of benzene rings is 1. The molecule has 4 heteroatoms. The highest BCUT2D eigenvalue weighted by Crippen LogP contribution is 2.16. The molecule has 0 bridgehead atoms. The molecule has 0 aromatic heterocycles. The molecule has 0 aliphatic carbocycles. The van der Waals surface area contributed by atoms with Crippen LogP contribution in [-0.2, 0) is 17.9 Å². The Kier molecular flexibility index (Phi) is 4.93. The van der Waals surface area contributed by atoms with Crippen LogP contribution in [0.2, 0.25) is 0 Å². The molecule has 1 aromatic rings. The second-order valence-corrected chi connectivity index (χ2v) is 5.08. The van der Waals surface area contributed by atoms with E-state index in [0.717, 1.165) is 31.6 Å². The zero-order chi connectivity index (χ0) is 13.7. The first-order valence-corrected chi connectivity index (χ1v) is 6.93. The second kappa shape index (κ2) is 6.68. The number of aliphatic hydroxyl groups is 1. The standard InChI is InChI=1S/C15H22N2O2/c1-2-15(19)16-9-12-5-3-4-6-13(12)10-17-8-7-14(18)11-17/h3-6,14,18H,2,7-11H2,1H3,(H,16,19). The molecule has 1 aliphatic rings. The topological polar surface area (TPSA) is 52.6 Å².